The van der Waals surface area contributed by atoms with Gasteiger partial charge in [0.15, 0.2) is 11.6 Å². The fourth-order valence-corrected chi connectivity index (χ4v) is 5.36. The van der Waals surface area contributed by atoms with Crippen LogP contribution in [0.15, 0.2) is 54.6 Å². The van der Waals surface area contributed by atoms with Crippen LogP contribution in [0.1, 0.15) is 61.8 Å². The zero-order chi connectivity index (χ0) is 29.1. The SMILES string of the molecule is CCOc1cc(C)c(CCc2ccc(-c3ccc(OC(F)(F)C4CCC(C)CC4)cc3)cc2)c(C(F)(F)F)c1F. The smallest absolute Gasteiger partial charge is 0.419 e. The third-order valence-corrected chi connectivity index (χ3v) is 7.69. The van der Waals surface area contributed by atoms with E-state index in [0.29, 0.717) is 24.3 Å². The molecule has 1 aliphatic carbocycles. The van der Waals surface area contributed by atoms with E-state index in [0.717, 1.165) is 29.5 Å². The van der Waals surface area contributed by atoms with E-state index < -0.39 is 35.3 Å². The Morgan fingerprint density at radius 1 is 0.825 bits per heavy atom. The Morgan fingerprint density at radius 3 is 1.95 bits per heavy atom. The van der Waals surface area contributed by atoms with Gasteiger partial charge >= 0.3 is 12.3 Å². The molecule has 3 aromatic rings. The van der Waals surface area contributed by atoms with Crippen LogP contribution in [0.25, 0.3) is 11.1 Å². The average Bonchev–Trinajstić information content (AvgIpc) is 2.90. The maximum Gasteiger partial charge on any atom is 0.419 e. The summed E-state index contributed by atoms with van der Waals surface area (Å²) in [6.45, 7) is 5.24. The second-order valence-electron chi connectivity index (χ2n) is 10.6. The van der Waals surface area contributed by atoms with Gasteiger partial charge in [-0.2, -0.15) is 22.0 Å². The van der Waals surface area contributed by atoms with Crippen molar-refractivity contribution in [1.82, 2.24) is 0 Å². The minimum atomic E-state index is -4.85. The van der Waals surface area contributed by atoms with Crippen molar-refractivity contribution >= 4 is 0 Å². The maximum atomic E-state index is 14.7. The highest BCUT2D eigenvalue weighted by Gasteiger charge is 2.43. The van der Waals surface area contributed by atoms with E-state index in [4.69, 9.17) is 9.47 Å². The molecule has 0 atom stereocenters. The van der Waals surface area contributed by atoms with Gasteiger partial charge in [-0.3, -0.25) is 0 Å². The van der Waals surface area contributed by atoms with E-state index >= 15 is 0 Å². The number of rotatable bonds is 9. The van der Waals surface area contributed by atoms with Crippen molar-refractivity contribution in [2.45, 2.75) is 71.6 Å². The fourth-order valence-electron chi connectivity index (χ4n) is 5.36. The molecule has 0 spiro atoms. The van der Waals surface area contributed by atoms with E-state index in [2.05, 4.69) is 6.92 Å². The minimum absolute atomic E-state index is 0.00347. The zero-order valence-electron chi connectivity index (χ0n) is 22.9. The molecule has 3 aromatic carbocycles. The molecule has 0 unspecified atom stereocenters. The lowest BCUT2D eigenvalue weighted by molar-refractivity contribution is -0.223. The summed E-state index contributed by atoms with van der Waals surface area (Å²) in [6, 6.07) is 15.0. The Kier molecular flexibility index (Phi) is 9.06. The van der Waals surface area contributed by atoms with Crippen molar-refractivity contribution in [2.75, 3.05) is 6.61 Å². The lowest BCUT2D eigenvalue weighted by atomic mass is 9.82. The first kappa shape index (κ1) is 29.8. The summed E-state index contributed by atoms with van der Waals surface area (Å²) in [5, 5.41) is 0. The predicted octanol–water partition coefficient (Wildman–Crippen LogP) is 9.80. The van der Waals surface area contributed by atoms with Crippen molar-refractivity contribution in [2.24, 2.45) is 11.8 Å². The Bertz CT molecular complexity index is 1270. The maximum absolute atomic E-state index is 14.7. The summed E-state index contributed by atoms with van der Waals surface area (Å²) >= 11 is 0. The fraction of sp³-hybridized carbons (Fsp3) is 0.438. The van der Waals surface area contributed by atoms with Gasteiger partial charge in [0, 0.05) is 0 Å². The number of hydrogen-bond acceptors (Lipinski definition) is 2. The first-order valence-electron chi connectivity index (χ1n) is 13.7. The molecule has 216 valence electrons. The molecular weight excluding hydrogens is 530 g/mol. The van der Waals surface area contributed by atoms with Gasteiger partial charge in [-0.05, 0) is 91.5 Å². The number of alkyl halides is 5. The Morgan fingerprint density at radius 2 is 1.40 bits per heavy atom. The number of halogens is 6. The first-order valence-corrected chi connectivity index (χ1v) is 13.7. The molecule has 0 aromatic heterocycles. The molecule has 0 radical (unpaired) electrons. The van der Waals surface area contributed by atoms with Gasteiger partial charge in [0.05, 0.1) is 18.1 Å². The van der Waals surface area contributed by atoms with Gasteiger partial charge in [-0.15, -0.1) is 0 Å². The lowest BCUT2D eigenvalue weighted by Gasteiger charge is -2.32. The number of hydrogen-bond donors (Lipinski definition) is 0. The highest BCUT2D eigenvalue weighted by molar-refractivity contribution is 5.64. The molecule has 40 heavy (non-hydrogen) atoms. The molecule has 0 saturated heterocycles. The van der Waals surface area contributed by atoms with Crippen LogP contribution in [0.4, 0.5) is 26.3 Å². The van der Waals surface area contributed by atoms with Gasteiger partial charge in [0.2, 0.25) is 0 Å². The van der Waals surface area contributed by atoms with Crippen molar-refractivity contribution in [1.29, 1.82) is 0 Å². The van der Waals surface area contributed by atoms with E-state index in [1.54, 1.807) is 31.2 Å². The zero-order valence-corrected chi connectivity index (χ0v) is 22.9. The number of ether oxygens (including phenoxy) is 2. The molecule has 1 aliphatic rings. The van der Waals surface area contributed by atoms with Crippen molar-refractivity contribution in [3.05, 3.63) is 82.7 Å². The predicted molar refractivity (Wildman–Crippen MR) is 143 cm³/mol. The summed E-state index contributed by atoms with van der Waals surface area (Å²) in [4.78, 5) is 0. The monoisotopic (exact) mass is 564 g/mol. The highest BCUT2D eigenvalue weighted by Crippen LogP contribution is 2.41. The number of aryl methyl sites for hydroxylation is 2. The topological polar surface area (TPSA) is 18.5 Å². The summed E-state index contributed by atoms with van der Waals surface area (Å²) in [7, 11) is 0. The second kappa shape index (κ2) is 12.1. The van der Waals surface area contributed by atoms with E-state index in [9.17, 15) is 26.3 Å². The van der Waals surface area contributed by atoms with Gasteiger partial charge in [0.1, 0.15) is 5.75 Å². The van der Waals surface area contributed by atoms with Gasteiger partial charge in [0.25, 0.3) is 0 Å². The molecule has 1 saturated carbocycles. The van der Waals surface area contributed by atoms with Crippen LogP contribution in [-0.2, 0) is 19.0 Å². The van der Waals surface area contributed by atoms with Gasteiger partial charge in [-0.1, -0.05) is 56.2 Å². The molecule has 1 fully saturated rings. The Labute approximate surface area is 231 Å². The quantitative estimate of drug-likeness (QED) is 0.241. The summed E-state index contributed by atoms with van der Waals surface area (Å²) in [6.07, 6.45) is -5.34. The molecule has 0 aliphatic heterocycles. The lowest BCUT2D eigenvalue weighted by Crippen LogP contribution is -2.36. The Balaban J connectivity index is 1.43. The molecule has 0 heterocycles. The number of benzene rings is 3. The van der Waals surface area contributed by atoms with Crippen LogP contribution in [-0.4, -0.2) is 12.7 Å². The van der Waals surface area contributed by atoms with Crippen LogP contribution < -0.4 is 9.47 Å². The van der Waals surface area contributed by atoms with Gasteiger partial charge < -0.3 is 9.47 Å². The van der Waals surface area contributed by atoms with E-state index in [-0.39, 0.29) is 30.8 Å². The average molecular weight is 565 g/mol. The molecule has 8 heteroatoms. The first-order chi connectivity index (χ1) is 18.9. The van der Waals surface area contributed by atoms with Crippen LogP contribution in [0.2, 0.25) is 0 Å². The van der Waals surface area contributed by atoms with Crippen LogP contribution in [0.3, 0.4) is 0 Å². The van der Waals surface area contributed by atoms with Crippen molar-refractivity contribution < 1.29 is 35.8 Å². The third-order valence-electron chi connectivity index (χ3n) is 7.69. The van der Waals surface area contributed by atoms with Gasteiger partial charge in [-0.25, -0.2) is 4.39 Å². The molecule has 4 rings (SSSR count). The largest absolute Gasteiger partial charge is 0.491 e. The molecule has 0 N–H and O–H groups in total. The van der Waals surface area contributed by atoms with E-state index in [1.807, 2.05) is 12.1 Å². The second-order valence-corrected chi connectivity index (χ2v) is 10.6. The van der Waals surface area contributed by atoms with Crippen molar-refractivity contribution in [3.63, 3.8) is 0 Å². The molecule has 0 amide bonds. The molecule has 0 bridgehead atoms. The van der Waals surface area contributed by atoms with E-state index in [1.165, 1.54) is 25.1 Å². The molecule has 2 nitrogen and oxygen atoms in total. The summed E-state index contributed by atoms with van der Waals surface area (Å²) in [5.74, 6) is -2.00. The highest BCUT2D eigenvalue weighted by atomic mass is 19.4. The summed E-state index contributed by atoms with van der Waals surface area (Å²) < 4.78 is 95.5. The standard InChI is InChI=1S/C32H34F6O2/c1-4-39-28-19-21(3)27(29(30(28)33)31(34,35)36)18-9-22-7-10-23(11-8-22)24-12-16-26(17-13-24)40-32(37,38)25-14-5-20(2)6-15-25/h7-8,10-13,16-17,19-20,25H,4-6,9,14-15,18H2,1-3H3. The third kappa shape index (κ3) is 6.94. The summed E-state index contributed by atoms with van der Waals surface area (Å²) in [5.41, 5.74) is 1.35. The van der Waals surface area contributed by atoms with Crippen LogP contribution in [0.5, 0.6) is 11.5 Å². The van der Waals surface area contributed by atoms with Crippen molar-refractivity contribution in [3.8, 4) is 22.6 Å². The minimum Gasteiger partial charge on any atom is -0.491 e. The van der Waals surface area contributed by atoms with Crippen LogP contribution in [0, 0.1) is 24.6 Å². The normalized spacial score (nSPS) is 18.0. The van der Waals surface area contributed by atoms with Crippen LogP contribution >= 0.6 is 0 Å². The Hall–Kier alpha value is -3.16. The molecular formula is C32H34F6O2.